The number of ether oxygens (including phenoxy) is 1. The Bertz CT molecular complexity index is 889. The van der Waals surface area contributed by atoms with E-state index in [4.69, 9.17) is 17.0 Å². The number of fused-ring (bicyclic) bond motifs is 3. The van der Waals surface area contributed by atoms with E-state index in [0.29, 0.717) is 22.6 Å². The molecule has 120 valence electrons. The van der Waals surface area contributed by atoms with Crippen molar-refractivity contribution in [3.8, 4) is 0 Å². The first-order valence-corrected chi connectivity index (χ1v) is 7.71. The lowest BCUT2D eigenvalue weighted by Gasteiger charge is -2.14. The largest absolute Gasteiger partial charge is 0.469 e. The lowest BCUT2D eigenvalue weighted by molar-refractivity contribution is -0.139. The maximum atomic E-state index is 14.2. The minimum absolute atomic E-state index is 0.0476. The molecule has 1 aliphatic carbocycles. The van der Waals surface area contributed by atoms with Crippen LogP contribution in [-0.4, -0.2) is 22.6 Å². The van der Waals surface area contributed by atoms with Crippen molar-refractivity contribution in [3.05, 3.63) is 51.6 Å². The summed E-state index contributed by atoms with van der Waals surface area (Å²) < 4.78 is 34.9. The van der Waals surface area contributed by atoms with Crippen molar-refractivity contribution in [2.24, 2.45) is 0 Å². The third kappa shape index (κ3) is 1.99. The molecule has 2 aromatic rings. The molecule has 0 bridgehead atoms. The first-order valence-electron chi connectivity index (χ1n) is 7.30. The number of methoxy groups -OCH3 is 1. The monoisotopic (exact) mass is 336 g/mol. The van der Waals surface area contributed by atoms with Gasteiger partial charge in [-0.1, -0.05) is 0 Å². The number of carbonyl (C=O) groups excluding carboxylic acids is 1. The normalized spacial score (nSPS) is 24.2. The van der Waals surface area contributed by atoms with Crippen molar-refractivity contribution in [1.82, 2.24) is 9.55 Å². The Labute approximate surface area is 136 Å². The molecule has 7 heteroatoms. The predicted octanol–water partition coefficient (Wildman–Crippen LogP) is 2.98. The minimum Gasteiger partial charge on any atom is -0.469 e. The van der Waals surface area contributed by atoms with Gasteiger partial charge >= 0.3 is 5.97 Å². The van der Waals surface area contributed by atoms with E-state index in [9.17, 15) is 13.6 Å². The molecule has 0 amide bonds. The molecule has 0 unspecified atom stereocenters. The van der Waals surface area contributed by atoms with Gasteiger partial charge < -0.3 is 14.3 Å². The molecule has 1 fully saturated rings. The van der Waals surface area contributed by atoms with Crippen molar-refractivity contribution in [2.45, 2.75) is 30.7 Å². The Hall–Kier alpha value is -2.02. The van der Waals surface area contributed by atoms with Crippen LogP contribution in [0, 0.1) is 16.4 Å². The molecule has 0 saturated heterocycles. The second kappa shape index (κ2) is 4.74. The van der Waals surface area contributed by atoms with E-state index in [1.165, 1.54) is 19.2 Å². The van der Waals surface area contributed by atoms with Gasteiger partial charge in [-0.3, -0.25) is 4.79 Å². The standard InChI is InChI=1S/C16H14F2N2O2S/c1-22-13(21)5-12-14-10-6-16(10,7-20(14)15(23)19-12)9-4-8(17)2-3-11(9)18/h2-4,10H,5-7H2,1H3,(H,19,23)/t10-,16+/m0/s1. The number of esters is 1. The van der Waals surface area contributed by atoms with E-state index in [0.717, 1.165) is 18.2 Å². The Kier molecular flexibility index (Phi) is 3.00. The van der Waals surface area contributed by atoms with Gasteiger partial charge in [-0.05, 0) is 42.4 Å². The van der Waals surface area contributed by atoms with Crippen LogP contribution >= 0.6 is 12.2 Å². The van der Waals surface area contributed by atoms with Gasteiger partial charge in [0.2, 0.25) is 0 Å². The molecule has 1 saturated carbocycles. The van der Waals surface area contributed by atoms with Gasteiger partial charge in [0.15, 0.2) is 4.77 Å². The van der Waals surface area contributed by atoms with Gasteiger partial charge in [0.05, 0.1) is 13.5 Å². The average Bonchev–Trinajstić information content (AvgIpc) is 3.02. The second-order valence-electron chi connectivity index (χ2n) is 6.17. The number of nitrogens with zero attached hydrogens (tertiary/aromatic N) is 1. The smallest absolute Gasteiger partial charge is 0.311 e. The molecular weight excluding hydrogens is 322 g/mol. The molecule has 1 N–H and O–H groups in total. The van der Waals surface area contributed by atoms with Gasteiger partial charge in [0.1, 0.15) is 11.6 Å². The molecule has 0 spiro atoms. The number of H-pyrrole nitrogens is 1. The first kappa shape index (κ1) is 14.6. The number of aromatic amines is 1. The Morgan fingerprint density at radius 1 is 1.52 bits per heavy atom. The summed E-state index contributed by atoms with van der Waals surface area (Å²) in [6.07, 6.45) is 0.828. The maximum Gasteiger partial charge on any atom is 0.311 e. The Morgan fingerprint density at radius 3 is 3.04 bits per heavy atom. The highest BCUT2D eigenvalue weighted by molar-refractivity contribution is 7.71. The molecule has 4 rings (SSSR count). The molecule has 1 aliphatic heterocycles. The predicted molar refractivity (Wildman–Crippen MR) is 80.7 cm³/mol. The summed E-state index contributed by atoms with van der Waals surface area (Å²) in [7, 11) is 1.33. The minimum atomic E-state index is -0.449. The SMILES string of the molecule is COC(=O)Cc1[nH]c(=S)n2c1[C@@H]1C[C@]1(c1cc(F)ccc1F)C2. The number of nitrogens with one attached hydrogen (secondary N) is 1. The topological polar surface area (TPSA) is 47.0 Å². The summed E-state index contributed by atoms with van der Waals surface area (Å²) in [5.74, 6) is -1.16. The summed E-state index contributed by atoms with van der Waals surface area (Å²) in [6, 6.07) is 3.56. The van der Waals surface area contributed by atoms with Gasteiger partial charge in [-0.15, -0.1) is 0 Å². The fraction of sp³-hybridized carbons (Fsp3) is 0.375. The number of carbonyl (C=O) groups is 1. The van der Waals surface area contributed by atoms with Crippen molar-refractivity contribution < 1.29 is 18.3 Å². The van der Waals surface area contributed by atoms with Crippen LogP contribution in [0.1, 0.15) is 29.3 Å². The van der Waals surface area contributed by atoms with Crippen molar-refractivity contribution in [1.29, 1.82) is 0 Å². The lowest BCUT2D eigenvalue weighted by atomic mass is 9.93. The van der Waals surface area contributed by atoms with E-state index >= 15 is 0 Å². The van der Waals surface area contributed by atoms with Crippen LogP contribution in [0.5, 0.6) is 0 Å². The van der Waals surface area contributed by atoms with Crippen LogP contribution in [0.4, 0.5) is 8.78 Å². The van der Waals surface area contributed by atoms with Crippen LogP contribution in [0.3, 0.4) is 0 Å². The van der Waals surface area contributed by atoms with Crippen LogP contribution in [0.25, 0.3) is 0 Å². The number of hydrogen-bond acceptors (Lipinski definition) is 3. The number of rotatable bonds is 3. The first-order chi connectivity index (χ1) is 11.0. The molecule has 2 aliphatic rings. The summed E-state index contributed by atoms with van der Waals surface area (Å²) in [5.41, 5.74) is 1.58. The summed E-state index contributed by atoms with van der Waals surface area (Å²) in [4.78, 5) is 14.6. The molecule has 1 aromatic carbocycles. The van der Waals surface area contributed by atoms with E-state index in [1.54, 1.807) is 0 Å². The Balaban J connectivity index is 1.76. The number of halogens is 2. The van der Waals surface area contributed by atoms with Gasteiger partial charge in [0, 0.05) is 29.3 Å². The zero-order chi connectivity index (χ0) is 16.4. The second-order valence-corrected chi connectivity index (χ2v) is 6.56. The molecular formula is C16H14F2N2O2S. The van der Waals surface area contributed by atoms with Crippen LogP contribution in [0.2, 0.25) is 0 Å². The summed E-state index contributed by atoms with van der Waals surface area (Å²) >= 11 is 5.31. The zero-order valence-corrected chi connectivity index (χ0v) is 13.2. The van der Waals surface area contributed by atoms with Crippen LogP contribution in [-0.2, 0) is 27.9 Å². The van der Waals surface area contributed by atoms with Crippen LogP contribution in [0.15, 0.2) is 18.2 Å². The number of imidazole rings is 1. The van der Waals surface area contributed by atoms with Gasteiger partial charge in [-0.25, -0.2) is 8.78 Å². The van der Waals surface area contributed by atoms with Crippen LogP contribution < -0.4 is 0 Å². The van der Waals surface area contributed by atoms with Crippen molar-refractivity contribution in [2.75, 3.05) is 7.11 Å². The molecule has 1 aromatic heterocycles. The third-order valence-electron chi connectivity index (χ3n) is 4.96. The molecule has 4 nitrogen and oxygen atoms in total. The Morgan fingerprint density at radius 2 is 2.30 bits per heavy atom. The third-order valence-corrected chi connectivity index (χ3v) is 5.28. The lowest BCUT2D eigenvalue weighted by Crippen LogP contribution is -2.14. The fourth-order valence-corrected chi connectivity index (χ4v) is 4.11. The summed E-state index contributed by atoms with van der Waals surface area (Å²) in [6.45, 7) is 0.504. The molecule has 2 atom stereocenters. The van der Waals surface area contributed by atoms with E-state index < -0.39 is 17.0 Å². The highest BCUT2D eigenvalue weighted by atomic mass is 32.1. The maximum absolute atomic E-state index is 14.2. The fourth-order valence-electron chi connectivity index (χ4n) is 3.82. The van der Waals surface area contributed by atoms with E-state index in [1.807, 2.05) is 4.57 Å². The van der Waals surface area contributed by atoms with E-state index in [2.05, 4.69) is 4.98 Å². The van der Waals surface area contributed by atoms with Gasteiger partial charge in [0.25, 0.3) is 0 Å². The molecule has 0 radical (unpaired) electrons. The van der Waals surface area contributed by atoms with Crippen molar-refractivity contribution >= 4 is 18.2 Å². The quantitative estimate of drug-likeness (QED) is 0.692. The average molecular weight is 336 g/mol. The summed E-state index contributed by atoms with van der Waals surface area (Å²) in [5, 5.41) is 0. The highest BCUT2D eigenvalue weighted by Crippen LogP contribution is 2.66. The van der Waals surface area contributed by atoms with Gasteiger partial charge in [-0.2, -0.15) is 0 Å². The highest BCUT2D eigenvalue weighted by Gasteiger charge is 2.63. The molecule has 2 heterocycles. The molecule has 23 heavy (non-hydrogen) atoms. The zero-order valence-electron chi connectivity index (χ0n) is 12.4. The number of aromatic nitrogens is 2. The van der Waals surface area contributed by atoms with Crippen molar-refractivity contribution in [3.63, 3.8) is 0 Å². The number of hydrogen-bond donors (Lipinski definition) is 1. The number of benzene rings is 1. The van der Waals surface area contributed by atoms with E-state index in [-0.39, 0.29) is 18.3 Å².